The normalized spacial score (nSPS) is 15.2. The van der Waals surface area contributed by atoms with Crippen LogP contribution in [0.4, 0.5) is 17.1 Å². The van der Waals surface area contributed by atoms with Crippen molar-refractivity contribution in [1.82, 2.24) is 9.32 Å². The van der Waals surface area contributed by atoms with Gasteiger partial charge >= 0.3 is 0 Å². The fraction of sp³-hybridized carbons (Fsp3) is 0.0789. The van der Waals surface area contributed by atoms with Crippen LogP contribution in [0.15, 0.2) is 146 Å². The van der Waals surface area contributed by atoms with Gasteiger partial charge in [0.25, 0.3) is 0 Å². The molecule has 5 heteroatoms. The standard InChI is InChI=1S/C38H30N3OP/c1-38(2)32-17-7-10-20-36(32)40(37-21-11-8-18-33(37)38)27-22-23-35-31(25-27)30-16-6-9-19-34(30)41(35)43(42,28-13-4-3-5-14-28)29-15-12-24-39-26-29/h3-26H,1-2H3. The summed E-state index contributed by atoms with van der Waals surface area (Å²) in [6.45, 7) is 4.61. The maximum atomic E-state index is 15.6. The first kappa shape index (κ1) is 25.8. The lowest BCUT2D eigenvalue weighted by Gasteiger charge is -2.42. The Balaban J connectivity index is 1.43. The minimum Gasteiger partial charge on any atom is -0.310 e. The predicted molar refractivity (Wildman–Crippen MR) is 179 cm³/mol. The van der Waals surface area contributed by atoms with E-state index in [4.69, 9.17) is 0 Å². The third-order valence-corrected chi connectivity index (χ3v) is 11.9. The summed E-state index contributed by atoms with van der Waals surface area (Å²) in [7, 11) is -3.35. The molecule has 2 aromatic heterocycles. The molecule has 1 atom stereocenters. The van der Waals surface area contributed by atoms with Gasteiger partial charge in [-0.2, -0.15) is 0 Å². The van der Waals surface area contributed by atoms with Crippen molar-refractivity contribution in [3.8, 4) is 0 Å². The van der Waals surface area contributed by atoms with E-state index in [1.54, 1.807) is 12.4 Å². The zero-order valence-corrected chi connectivity index (χ0v) is 24.9. The number of anilines is 3. The third kappa shape index (κ3) is 3.70. The Hall–Kier alpha value is -4.92. The van der Waals surface area contributed by atoms with Crippen molar-refractivity contribution in [3.05, 3.63) is 157 Å². The average Bonchev–Trinajstić information content (AvgIpc) is 3.40. The van der Waals surface area contributed by atoms with Gasteiger partial charge < -0.3 is 4.90 Å². The number of benzene rings is 5. The number of para-hydroxylation sites is 3. The largest absolute Gasteiger partial charge is 0.310 e. The number of nitrogens with zero attached hydrogens (tertiary/aromatic N) is 3. The van der Waals surface area contributed by atoms with Crippen LogP contribution < -0.4 is 15.5 Å². The monoisotopic (exact) mass is 575 g/mol. The zero-order chi connectivity index (χ0) is 29.2. The van der Waals surface area contributed by atoms with E-state index in [0.29, 0.717) is 5.30 Å². The number of hydrogen-bond acceptors (Lipinski definition) is 3. The van der Waals surface area contributed by atoms with Gasteiger partial charge in [0.05, 0.1) is 27.7 Å². The zero-order valence-electron chi connectivity index (χ0n) is 24.1. The van der Waals surface area contributed by atoms with Crippen LogP contribution in [0, 0.1) is 0 Å². The Morgan fingerprint density at radius 3 is 1.91 bits per heavy atom. The van der Waals surface area contributed by atoms with Crippen molar-refractivity contribution in [2.24, 2.45) is 0 Å². The van der Waals surface area contributed by atoms with Gasteiger partial charge in [0, 0.05) is 39.6 Å². The molecule has 0 radical (unpaired) electrons. The van der Waals surface area contributed by atoms with E-state index in [9.17, 15) is 0 Å². The van der Waals surface area contributed by atoms with Crippen LogP contribution in [0.25, 0.3) is 21.8 Å². The van der Waals surface area contributed by atoms with Crippen LogP contribution in [0.1, 0.15) is 25.0 Å². The number of aromatic nitrogens is 2. The van der Waals surface area contributed by atoms with Gasteiger partial charge in [-0.25, -0.2) is 0 Å². The van der Waals surface area contributed by atoms with Crippen LogP contribution in [-0.4, -0.2) is 9.32 Å². The highest BCUT2D eigenvalue weighted by Gasteiger charge is 2.37. The first-order chi connectivity index (χ1) is 21.0. The molecule has 208 valence electrons. The molecule has 0 saturated heterocycles. The molecule has 3 heterocycles. The van der Waals surface area contributed by atoms with E-state index in [2.05, 4.69) is 113 Å². The van der Waals surface area contributed by atoms with Gasteiger partial charge in [0.1, 0.15) is 0 Å². The summed E-state index contributed by atoms with van der Waals surface area (Å²) in [6, 6.07) is 45.9. The second-order valence-electron chi connectivity index (χ2n) is 11.6. The summed E-state index contributed by atoms with van der Waals surface area (Å²) in [5.74, 6) is 0. The Kier molecular flexibility index (Phi) is 5.72. The maximum Gasteiger partial charge on any atom is 0.235 e. The van der Waals surface area contributed by atoms with Crippen LogP contribution in [0.3, 0.4) is 0 Å². The van der Waals surface area contributed by atoms with Gasteiger partial charge in [-0.3, -0.25) is 13.9 Å². The number of pyridine rings is 1. The highest BCUT2D eigenvalue weighted by atomic mass is 31.2. The molecule has 0 spiro atoms. The van der Waals surface area contributed by atoms with Crippen molar-refractivity contribution in [2.75, 3.05) is 4.90 Å². The first-order valence-electron chi connectivity index (χ1n) is 14.6. The van der Waals surface area contributed by atoms with E-state index in [1.165, 1.54) is 22.5 Å². The van der Waals surface area contributed by atoms with Gasteiger partial charge in [-0.15, -0.1) is 0 Å². The third-order valence-electron chi connectivity index (χ3n) is 8.91. The second kappa shape index (κ2) is 9.55. The van der Waals surface area contributed by atoms with E-state index in [-0.39, 0.29) is 5.41 Å². The molecule has 43 heavy (non-hydrogen) atoms. The molecule has 8 rings (SSSR count). The number of fused-ring (bicyclic) bond motifs is 5. The van der Waals surface area contributed by atoms with Crippen molar-refractivity contribution in [3.63, 3.8) is 0 Å². The minimum atomic E-state index is -3.35. The summed E-state index contributed by atoms with van der Waals surface area (Å²) in [4.78, 5) is 6.76. The minimum absolute atomic E-state index is 0.129. The van der Waals surface area contributed by atoms with Crippen LogP contribution in [0.5, 0.6) is 0 Å². The van der Waals surface area contributed by atoms with Gasteiger partial charge in [0.2, 0.25) is 7.29 Å². The van der Waals surface area contributed by atoms with E-state index >= 15 is 4.57 Å². The molecule has 1 aliphatic heterocycles. The first-order valence-corrected chi connectivity index (χ1v) is 16.2. The summed E-state index contributed by atoms with van der Waals surface area (Å²) < 4.78 is 17.7. The molecule has 1 aliphatic rings. The molecule has 0 aliphatic carbocycles. The molecular weight excluding hydrogens is 545 g/mol. The fourth-order valence-electron chi connectivity index (χ4n) is 6.87. The highest BCUT2D eigenvalue weighted by molar-refractivity contribution is 7.77. The lowest BCUT2D eigenvalue weighted by atomic mass is 9.73. The van der Waals surface area contributed by atoms with Crippen LogP contribution in [-0.2, 0) is 9.98 Å². The van der Waals surface area contributed by atoms with Crippen LogP contribution >= 0.6 is 7.29 Å². The van der Waals surface area contributed by atoms with E-state index in [1.807, 2.05) is 48.5 Å². The molecule has 0 saturated carbocycles. The molecule has 0 amide bonds. The number of hydrogen-bond donors (Lipinski definition) is 0. The Morgan fingerprint density at radius 1 is 0.605 bits per heavy atom. The van der Waals surface area contributed by atoms with Crippen LogP contribution in [0.2, 0.25) is 0 Å². The molecule has 0 bridgehead atoms. The van der Waals surface area contributed by atoms with Crippen molar-refractivity contribution in [1.29, 1.82) is 0 Å². The maximum absolute atomic E-state index is 15.6. The lowest BCUT2D eigenvalue weighted by molar-refractivity contribution is 0.583. The smallest absolute Gasteiger partial charge is 0.235 e. The molecule has 0 N–H and O–H groups in total. The van der Waals surface area contributed by atoms with Gasteiger partial charge in [0.15, 0.2) is 0 Å². The second-order valence-corrected chi connectivity index (χ2v) is 14.2. The van der Waals surface area contributed by atoms with Gasteiger partial charge in [-0.05, 0) is 71.8 Å². The number of rotatable bonds is 4. The summed E-state index contributed by atoms with van der Waals surface area (Å²) >= 11 is 0. The van der Waals surface area contributed by atoms with Crippen molar-refractivity contribution < 1.29 is 4.57 Å². The van der Waals surface area contributed by atoms with Crippen molar-refractivity contribution >= 4 is 56.8 Å². The average molecular weight is 576 g/mol. The summed E-state index contributed by atoms with van der Waals surface area (Å²) in [5, 5.41) is 3.61. The molecule has 0 fully saturated rings. The quantitative estimate of drug-likeness (QED) is 0.197. The Morgan fingerprint density at radius 2 is 1.21 bits per heavy atom. The van der Waals surface area contributed by atoms with Gasteiger partial charge in [-0.1, -0.05) is 86.6 Å². The molecule has 7 aromatic rings. The van der Waals surface area contributed by atoms with E-state index in [0.717, 1.165) is 32.8 Å². The SMILES string of the molecule is CC1(C)c2ccccc2N(c2ccc3c(c2)c2ccccc2n3P(=O)(c2ccccc2)c2cccnc2)c2ccccc21. The van der Waals surface area contributed by atoms with E-state index < -0.39 is 7.29 Å². The molecular formula is C38H30N3OP. The molecule has 5 aromatic carbocycles. The molecule has 4 nitrogen and oxygen atoms in total. The lowest BCUT2D eigenvalue weighted by Crippen LogP contribution is -2.30. The Labute approximate surface area is 251 Å². The molecule has 1 unspecified atom stereocenters. The topological polar surface area (TPSA) is 38.1 Å². The Bertz CT molecular complexity index is 2110. The summed E-state index contributed by atoms with van der Waals surface area (Å²) in [6.07, 6.45) is 3.47. The fourth-order valence-corrected chi connectivity index (χ4v) is 9.68. The van der Waals surface area contributed by atoms with Crippen molar-refractivity contribution in [2.45, 2.75) is 19.3 Å². The summed E-state index contributed by atoms with van der Waals surface area (Å²) in [5.41, 5.74) is 7.76. The predicted octanol–water partition coefficient (Wildman–Crippen LogP) is 9.08. The highest BCUT2D eigenvalue weighted by Crippen LogP contribution is 2.54.